The molecule has 7 nitrogen and oxygen atoms in total. The highest BCUT2D eigenvalue weighted by molar-refractivity contribution is 7.99. The molecule has 21 heavy (non-hydrogen) atoms. The van der Waals surface area contributed by atoms with Gasteiger partial charge in [-0.2, -0.15) is 0 Å². The van der Waals surface area contributed by atoms with Crippen molar-refractivity contribution < 1.29 is 12.8 Å². The van der Waals surface area contributed by atoms with E-state index >= 15 is 0 Å². The summed E-state index contributed by atoms with van der Waals surface area (Å²) >= 11 is 1.45. The van der Waals surface area contributed by atoms with E-state index in [0.717, 1.165) is 22.3 Å². The number of nitrogens with zero attached hydrogens (tertiary/aromatic N) is 3. The van der Waals surface area contributed by atoms with Crippen LogP contribution in [0, 0.1) is 6.92 Å². The van der Waals surface area contributed by atoms with Crippen molar-refractivity contribution >= 4 is 21.8 Å². The summed E-state index contributed by atoms with van der Waals surface area (Å²) in [7, 11) is -1.26. The van der Waals surface area contributed by atoms with E-state index in [9.17, 15) is 8.42 Å². The number of rotatable bonds is 7. The summed E-state index contributed by atoms with van der Waals surface area (Å²) in [4.78, 5) is 0. The van der Waals surface area contributed by atoms with E-state index in [2.05, 4.69) is 14.9 Å². The van der Waals surface area contributed by atoms with Crippen molar-refractivity contribution in [3.05, 3.63) is 18.1 Å². The Hall–Kier alpha value is -1.32. The largest absolute Gasteiger partial charge is 0.469 e. The SMILES string of the molecule is CCS(=O)(=O)NCCSc1nnc(-c2ccoc2C)n1C. The molecular formula is C12H18N4O3S2. The third-order valence-electron chi connectivity index (χ3n) is 2.97. The number of thioether (sulfide) groups is 1. The molecule has 1 N–H and O–H groups in total. The highest BCUT2D eigenvalue weighted by Gasteiger charge is 2.14. The molecule has 0 atom stereocenters. The summed E-state index contributed by atoms with van der Waals surface area (Å²) in [5.41, 5.74) is 0.906. The number of furan rings is 1. The second-order valence-electron chi connectivity index (χ2n) is 4.40. The lowest BCUT2D eigenvalue weighted by Crippen LogP contribution is -2.27. The van der Waals surface area contributed by atoms with Crippen LogP contribution in [0.15, 0.2) is 21.9 Å². The van der Waals surface area contributed by atoms with Crippen molar-refractivity contribution in [3.8, 4) is 11.4 Å². The minimum atomic E-state index is -3.14. The van der Waals surface area contributed by atoms with E-state index in [4.69, 9.17) is 4.42 Å². The highest BCUT2D eigenvalue weighted by atomic mass is 32.2. The lowest BCUT2D eigenvalue weighted by Gasteiger charge is -2.04. The first-order valence-electron chi connectivity index (χ1n) is 6.48. The van der Waals surface area contributed by atoms with Crippen LogP contribution in [0.3, 0.4) is 0 Å². The van der Waals surface area contributed by atoms with Gasteiger partial charge in [0.05, 0.1) is 17.6 Å². The fraction of sp³-hybridized carbons (Fsp3) is 0.500. The fourth-order valence-electron chi connectivity index (χ4n) is 1.73. The molecule has 0 bridgehead atoms. The Bertz CT molecular complexity index is 706. The van der Waals surface area contributed by atoms with Gasteiger partial charge in [-0.1, -0.05) is 11.8 Å². The van der Waals surface area contributed by atoms with E-state index in [-0.39, 0.29) is 5.75 Å². The molecule has 2 heterocycles. The molecule has 2 rings (SSSR count). The second-order valence-corrected chi connectivity index (χ2v) is 7.56. The maximum absolute atomic E-state index is 11.3. The molecule has 0 unspecified atom stereocenters. The van der Waals surface area contributed by atoms with Gasteiger partial charge in [-0.05, 0) is 19.9 Å². The van der Waals surface area contributed by atoms with Gasteiger partial charge in [-0.25, -0.2) is 13.1 Å². The molecule has 0 aliphatic carbocycles. The molecule has 0 saturated heterocycles. The van der Waals surface area contributed by atoms with Gasteiger partial charge in [-0.3, -0.25) is 0 Å². The minimum absolute atomic E-state index is 0.0888. The average Bonchev–Trinajstić information content (AvgIpc) is 3.01. The third kappa shape index (κ3) is 3.86. The van der Waals surface area contributed by atoms with Gasteiger partial charge in [0.2, 0.25) is 10.0 Å². The van der Waals surface area contributed by atoms with E-state index in [1.54, 1.807) is 13.2 Å². The molecule has 0 radical (unpaired) electrons. The van der Waals surface area contributed by atoms with Gasteiger partial charge in [0.15, 0.2) is 11.0 Å². The smallest absolute Gasteiger partial charge is 0.211 e. The van der Waals surface area contributed by atoms with Gasteiger partial charge in [0.1, 0.15) is 5.76 Å². The molecule has 2 aromatic rings. The normalized spacial score (nSPS) is 12.0. The molecule has 0 saturated carbocycles. The molecule has 116 valence electrons. The van der Waals surface area contributed by atoms with Crippen LogP contribution in [-0.2, 0) is 17.1 Å². The summed E-state index contributed by atoms with van der Waals surface area (Å²) in [6.07, 6.45) is 1.62. The van der Waals surface area contributed by atoms with Crippen LogP contribution in [0.5, 0.6) is 0 Å². The Labute approximate surface area is 128 Å². The Morgan fingerprint density at radius 3 is 2.81 bits per heavy atom. The topological polar surface area (TPSA) is 90.0 Å². The zero-order chi connectivity index (χ0) is 15.5. The van der Waals surface area contributed by atoms with Crippen molar-refractivity contribution in [3.63, 3.8) is 0 Å². The van der Waals surface area contributed by atoms with Crippen molar-refractivity contribution in [1.29, 1.82) is 0 Å². The quantitative estimate of drug-likeness (QED) is 0.610. The van der Waals surface area contributed by atoms with Crippen molar-refractivity contribution in [2.24, 2.45) is 7.05 Å². The lowest BCUT2D eigenvalue weighted by molar-refractivity contribution is 0.534. The van der Waals surface area contributed by atoms with Crippen LogP contribution in [-0.4, -0.2) is 41.2 Å². The molecule has 0 aromatic carbocycles. The van der Waals surface area contributed by atoms with E-state index in [1.165, 1.54) is 11.8 Å². The Morgan fingerprint density at radius 2 is 2.19 bits per heavy atom. The van der Waals surface area contributed by atoms with Gasteiger partial charge in [0.25, 0.3) is 0 Å². The first-order valence-corrected chi connectivity index (χ1v) is 9.12. The highest BCUT2D eigenvalue weighted by Crippen LogP contribution is 2.25. The predicted molar refractivity (Wildman–Crippen MR) is 81.6 cm³/mol. The van der Waals surface area contributed by atoms with Gasteiger partial charge >= 0.3 is 0 Å². The summed E-state index contributed by atoms with van der Waals surface area (Å²) in [6.45, 7) is 3.85. The minimum Gasteiger partial charge on any atom is -0.469 e. The predicted octanol–water partition coefficient (Wildman–Crippen LogP) is 1.41. The standard InChI is InChI=1S/C12H18N4O3S2/c1-4-21(17,18)13-6-8-20-12-15-14-11(16(12)3)10-5-7-19-9(10)2/h5,7,13H,4,6,8H2,1-3H3. The van der Waals surface area contributed by atoms with E-state index in [0.29, 0.717) is 12.3 Å². The number of aryl methyl sites for hydroxylation is 1. The van der Waals surface area contributed by atoms with Crippen LogP contribution in [0.1, 0.15) is 12.7 Å². The average molecular weight is 330 g/mol. The first-order chi connectivity index (χ1) is 9.94. The van der Waals surface area contributed by atoms with Crippen LogP contribution in [0.25, 0.3) is 11.4 Å². The fourth-order valence-corrected chi connectivity index (χ4v) is 3.25. The van der Waals surface area contributed by atoms with Crippen LogP contribution in [0.4, 0.5) is 0 Å². The Morgan fingerprint density at radius 1 is 1.43 bits per heavy atom. The van der Waals surface area contributed by atoms with Crippen LogP contribution >= 0.6 is 11.8 Å². The molecule has 0 aliphatic heterocycles. The number of hydrogen-bond donors (Lipinski definition) is 1. The number of sulfonamides is 1. The monoisotopic (exact) mass is 330 g/mol. The van der Waals surface area contributed by atoms with Crippen molar-refractivity contribution in [1.82, 2.24) is 19.5 Å². The number of hydrogen-bond acceptors (Lipinski definition) is 6. The van der Waals surface area contributed by atoms with Crippen LogP contribution in [0.2, 0.25) is 0 Å². The summed E-state index contributed by atoms with van der Waals surface area (Å²) < 4.78 is 32.3. The first kappa shape index (κ1) is 16.1. The van der Waals surface area contributed by atoms with E-state index in [1.807, 2.05) is 24.6 Å². The zero-order valence-electron chi connectivity index (χ0n) is 12.2. The molecule has 9 heteroatoms. The molecule has 0 spiro atoms. The van der Waals surface area contributed by atoms with Gasteiger partial charge in [-0.15, -0.1) is 10.2 Å². The molecular weight excluding hydrogens is 312 g/mol. The maximum Gasteiger partial charge on any atom is 0.211 e. The van der Waals surface area contributed by atoms with Gasteiger partial charge < -0.3 is 8.98 Å². The zero-order valence-corrected chi connectivity index (χ0v) is 13.8. The Kier molecular flexibility index (Phi) is 5.07. The van der Waals surface area contributed by atoms with Gasteiger partial charge in [0, 0.05) is 19.3 Å². The molecule has 0 aliphatic rings. The van der Waals surface area contributed by atoms with Crippen molar-refractivity contribution in [2.75, 3.05) is 18.1 Å². The molecule has 0 fully saturated rings. The summed E-state index contributed by atoms with van der Waals surface area (Å²) in [5, 5.41) is 9.02. The van der Waals surface area contributed by atoms with Crippen molar-refractivity contribution in [2.45, 2.75) is 19.0 Å². The maximum atomic E-state index is 11.3. The van der Waals surface area contributed by atoms with Crippen LogP contribution < -0.4 is 4.72 Å². The third-order valence-corrected chi connectivity index (χ3v) is 5.40. The summed E-state index contributed by atoms with van der Waals surface area (Å²) in [6, 6.07) is 1.85. The lowest BCUT2D eigenvalue weighted by atomic mass is 10.2. The molecule has 0 amide bonds. The second kappa shape index (κ2) is 6.63. The Balaban J connectivity index is 1.97. The molecule has 2 aromatic heterocycles. The number of nitrogens with one attached hydrogen (secondary N) is 1. The summed E-state index contributed by atoms with van der Waals surface area (Å²) in [5.74, 6) is 2.21. The van der Waals surface area contributed by atoms with E-state index < -0.39 is 10.0 Å². The number of aromatic nitrogens is 3.